The summed E-state index contributed by atoms with van der Waals surface area (Å²) >= 11 is 1.30. The number of nitrogens with zero attached hydrogens (tertiary/aromatic N) is 2. The van der Waals surface area contributed by atoms with E-state index in [2.05, 4.69) is 5.32 Å². The quantitative estimate of drug-likeness (QED) is 0.350. The second-order valence-electron chi connectivity index (χ2n) is 6.97. The van der Waals surface area contributed by atoms with Crippen molar-refractivity contribution >= 4 is 40.6 Å². The van der Waals surface area contributed by atoms with Crippen molar-refractivity contribution in [2.45, 2.75) is 11.3 Å². The third-order valence-corrected chi connectivity index (χ3v) is 6.04. The molecule has 0 aromatic heterocycles. The molecule has 4 rings (SSSR count). The van der Waals surface area contributed by atoms with Crippen LogP contribution in [-0.2, 0) is 11.2 Å². The molecule has 0 radical (unpaired) electrons. The van der Waals surface area contributed by atoms with E-state index in [1.54, 1.807) is 29.2 Å². The van der Waals surface area contributed by atoms with Gasteiger partial charge in [0, 0.05) is 34.9 Å². The van der Waals surface area contributed by atoms with E-state index < -0.39 is 4.92 Å². The van der Waals surface area contributed by atoms with Crippen LogP contribution in [0.15, 0.2) is 77.7 Å². The van der Waals surface area contributed by atoms with E-state index in [1.807, 2.05) is 30.3 Å². The van der Waals surface area contributed by atoms with Gasteiger partial charge in [-0.05, 0) is 36.2 Å². The minimum Gasteiger partial charge on any atom is -0.322 e. The number of carbonyl (C=O) groups is 2. The van der Waals surface area contributed by atoms with Gasteiger partial charge in [0.2, 0.25) is 5.91 Å². The molecular weight excluding hydrogens is 414 g/mol. The molecule has 0 bridgehead atoms. The molecule has 31 heavy (non-hydrogen) atoms. The summed E-state index contributed by atoms with van der Waals surface area (Å²) in [6.45, 7) is 0.660. The van der Waals surface area contributed by atoms with Crippen molar-refractivity contribution in [3.05, 3.63) is 94.0 Å². The van der Waals surface area contributed by atoms with E-state index in [-0.39, 0.29) is 23.3 Å². The number of hydrogen-bond donors (Lipinski definition) is 1. The fourth-order valence-corrected chi connectivity index (χ4v) is 4.42. The number of anilines is 2. The molecule has 3 aromatic carbocycles. The lowest BCUT2D eigenvalue weighted by Gasteiger charge is -2.17. The Balaban J connectivity index is 1.45. The Morgan fingerprint density at radius 3 is 2.65 bits per heavy atom. The molecule has 0 unspecified atom stereocenters. The molecule has 1 heterocycles. The first-order valence-corrected chi connectivity index (χ1v) is 10.7. The average molecular weight is 433 g/mol. The molecule has 0 aliphatic carbocycles. The molecule has 156 valence electrons. The molecule has 2 amide bonds. The molecule has 1 aliphatic heterocycles. The van der Waals surface area contributed by atoms with Crippen LogP contribution in [-0.4, -0.2) is 29.0 Å². The Morgan fingerprint density at radius 2 is 1.81 bits per heavy atom. The van der Waals surface area contributed by atoms with Gasteiger partial charge in [0.05, 0.1) is 16.2 Å². The average Bonchev–Trinajstić information content (AvgIpc) is 3.22. The van der Waals surface area contributed by atoms with Gasteiger partial charge in [0.15, 0.2) is 0 Å². The second kappa shape index (κ2) is 9.01. The predicted molar refractivity (Wildman–Crippen MR) is 121 cm³/mol. The number of non-ortho nitro benzene ring substituents is 1. The highest BCUT2D eigenvalue weighted by atomic mass is 32.2. The van der Waals surface area contributed by atoms with Crippen LogP contribution in [0.5, 0.6) is 0 Å². The third-order valence-electron chi connectivity index (χ3n) is 4.99. The first kappa shape index (κ1) is 20.6. The number of carbonyl (C=O) groups excluding carboxylic acids is 2. The maximum Gasteiger partial charge on any atom is 0.271 e. The van der Waals surface area contributed by atoms with Gasteiger partial charge in [-0.25, -0.2) is 0 Å². The standard InChI is InChI=1S/C23H19N3O4S/c27-22(25-13-12-16-6-1-3-10-20(16)25)15-31-21-11-4-2-9-19(21)23(28)24-17-7-5-8-18(14-17)26(29)30/h1-11,14H,12-13,15H2,(H,24,28). The zero-order valence-electron chi connectivity index (χ0n) is 16.5. The zero-order valence-corrected chi connectivity index (χ0v) is 17.3. The fraction of sp³-hybridized carbons (Fsp3) is 0.130. The van der Waals surface area contributed by atoms with Gasteiger partial charge in [0.1, 0.15) is 0 Å². The number of nitro groups is 1. The highest BCUT2D eigenvalue weighted by Gasteiger charge is 2.24. The minimum absolute atomic E-state index is 0.0103. The van der Waals surface area contributed by atoms with Gasteiger partial charge in [0.25, 0.3) is 11.6 Å². The lowest BCUT2D eigenvalue weighted by atomic mass is 10.2. The smallest absolute Gasteiger partial charge is 0.271 e. The molecule has 0 atom stereocenters. The van der Waals surface area contributed by atoms with Crippen molar-refractivity contribution in [1.82, 2.24) is 0 Å². The van der Waals surface area contributed by atoms with Gasteiger partial charge in [-0.3, -0.25) is 19.7 Å². The lowest BCUT2D eigenvalue weighted by molar-refractivity contribution is -0.384. The van der Waals surface area contributed by atoms with E-state index in [1.165, 1.54) is 30.0 Å². The molecule has 3 aromatic rings. The van der Waals surface area contributed by atoms with Crippen LogP contribution in [0.3, 0.4) is 0 Å². The van der Waals surface area contributed by atoms with Crippen molar-refractivity contribution in [2.75, 3.05) is 22.5 Å². The summed E-state index contributed by atoms with van der Waals surface area (Å²) < 4.78 is 0. The third kappa shape index (κ3) is 4.59. The van der Waals surface area contributed by atoms with Gasteiger partial charge in [-0.1, -0.05) is 36.4 Å². The van der Waals surface area contributed by atoms with E-state index in [0.717, 1.165) is 17.7 Å². The Labute approximate surface area is 183 Å². The normalized spacial score (nSPS) is 12.3. The van der Waals surface area contributed by atoms with Crippen LogP contribution in [0, 0.1) is 10.1 Å². The monoisotopic (exact) mass is 433 g/mol. The molecule has 0 saturated carbocycles. The summed E-state index contributed by atoms with van der Waals surface area (Å²) in [5.41, 5.74) is 2.76. The van der Waals surface area contributed by atoms with Crippen LogP contribution < -0.4 is 10.2 Å². The highest BCUT2D eigenvalue weighted by Crippen LogP contribution is 2.30. The summed E-state index contributed by atoms with van der Waals surface area (Å²) in [4.78, 5) is 38.5. The van der Waals surface area contributed by atoms with Gasteiger partial charge < -0.3 is 10.2 Å². The number of benzene rings is 3. The number of thioether (sulfide) groups is 1. The summed E-state index contributed by atoms with van der Waals surface area (Å²) in [7, 11) is 0. The number of amides is 2. The van der Waals surface area contributed by atoms with Crippen molar-refractivity contribution in [3.8, 4) is 0 Å². The van der Waals surface area contributed by atoms with Gasteiger partial charge in [-0.2, -0.15) is 0 Å². The number of nitro benzene ring substituents is 1. The van der Waals surface area contributed by atoms with Gasteiger partial charge in [-0.15, -0.1) is 11.8 Å². The maximum atomic E-state index is 12.8. The van der Waals surface area contributed by atoms with Crippen LogP contribution >= 0.6 is 11.8 Å². The number of hydrogen-bond acceptors (Lipinski definition) is 5. The van der Waals surface area contributed by atoms with E-state index in [9.17, 15) is 19.7 Å². The predicted octanol–water partition coefficient (Wildman–Crippen LogP) is 4.53. The zero-order chi connectivity index (χ0) is 21.8. The van der Waals surface area contributed by atoms with Crippen LogP contribution in [0.4, 0.5) is 17.1 Å². The largest absolute Gasteiger partial charge is 0.322 e. The van der Waals surface area contributed by atoms with Crippen molar-refractivity contribution < 1.29 is 14.5 Å². The van der Waals surface area contributed by atoms with Crippen LogP contribution in [0.1, 0.15) is 15.9 Å². The van der Waals surface area contributed by atoms with E-state index in [4.69, 9.17) is 0 Å². The topological polar surface area (TPSA) is 92.5 Å². The van der Waals surface area contributed by atoms with Crippen molar-refractivity contribution in [2.24, 2.45) is 0 Å². The summed E-state index contributed by atoms with van der Waals surface area (Å²) in [5, 5.41) is 13.6. The highest BCUT2D eigenvalue weighted by molar-refractivity contribution is 8.00. The van der Waals surface area contributed by atoms with Crippen LogP contribution in [0.25, 0.3) is 0 Å². The molecule has 0 spiro atoms. The van der Waals surface area contributed by atoms with Crippen LogP contribution in [0.2, 0.25) is 0 Å². The molecular formula is C23H19N3O4S. The Morgan fingerprint density at radius 1 is 1.03 bits per heavy atom. The summed E-state index contributed by atoms with van der Waals surface area (Å²) in [5.74, 6) is -0.193. The minimum atomic E-state index is -0.512. The second-order valence-corrected chi connectivity index (χ2v) is 7.99. The molecule has 8 heteroatoms. The fourth-order valence-electron chi connectivity index (χ4n) is 3.49. The van der Waals surface area contributed by atoms with E-state index in [0.29, 0.717) is 22.7 Å². The maximum absolute atomic E-state index is 12.8. The molecule has 7 nitrogen and oxygen atoms in total. The Hall–Kier alpha value is -3.65. The molecule has 1 N–H and O–H groups in total. The number of rotatable bonds is 6. The first-order chi connectivity index (χ1) is 15.0. The Kier molecular flexibility index (Phi) is 5.99. The van der Waals surface area contributed by atoms with Crippen molar-refractivity contribution in [3.63, 3.8) is 0 Å². The number of para-hydroxylation sites is 1. The van der Waals surface area contributed by atoms with Gasteiger partial charge >= 0.3 is 0 Å². The first-order valence-electron chi connectivity index (χ1n) is 9.69. The molecule has 1 aliphatic rings. The lowest BCUT2D eigenvalue weighted by Crippen LogP contribution is -2.30. The summed E-state index contributed by atoms with van der Waals surface area (Å²) in [6, 6.07) is 20.7. The molecule has 0 saturated heterocycles. The van der Waals surface area contributed by atoms with E-state index >= 15 is 0 Å². The summed E-state index contributed by atoms with van der Waals surface area (Å²) in [6.07, 6.45) is 0.842. The number of nitrogens with one attached hydrogen (secondary N) is 1. The molecule has 0 fully saturated rings. The SMILES string of the molecule is O=C(Nc1cccc([N+](=O)[O-])c1)c1ccccc1SCC(=O)N1CCc2ccccc21. The Bertz CT molecular complexity index is 1160. The number of fused-ring (bicyclic) bond motifs is 1. The van der Waals surface area contributed by atoms with Crippen molar-refractivity contribution in [1.29, 1.82) is 0 Å².